The Morgan fingerprint density at radius 3 is 2.53 bits per heavy atom. The number of ether oxygens (including phenoxy) is 2. The lowest BCUT2D eigenvalue weighted by Crippen LogP contribution is -2.15. The first-order chi connectivity index (χ1) is 14.5. The SMILES string of the molecule is CCCOC(C)c1ccc(C(=O)Nc2ccc(Oc3cccc(I)c3)cc2)c(C)n1. The number of hydrogen-bond donors (Lipinski definition) is 1. The molecule has 0 radical (unpaired) electrons. The van der Waals surface area contributed by atoms with Crippen LogP contribution >= 0.6 is 22.6 Å². The fraction of sp³-hybridized carbons (Fsp3) is 0.250. The van der Waals surface area contributed by atoms with Crippen LogP contribution in [-0.2, 0) is 4.74 Å². The summed E-state index contributed by atoms with van der Waals surface area (Å²) in [4.78, 5) is 17.2. The summed E-state index contributed by atoms with van der Waals surface area (Å²) in [6.45, 7) is 6.56. The van der Waals surface area contributed by atoms with Gasteiger partial charge in [0.25, 0.3) is 5.91 Å². The third kappa shape index (κ3) is 6.03. The molecule has 1 N–H and O–H groups in total. The number of aromatic nitrogens is 1. The van der Waals surface area contributed by atoms with Crippen molar-refractivity contribution in [2.75, 3.05) is 11.9 Å². The maximum absolute atomic E-state index is 12.7. The number of halogens is 1. The summed E-state index contributed by atoms with van der Waals surface area (Å²) in [7, 11) is 0. The molecule has 1 heterocycles. The quantitative estimate of drug-likeness (QED) is 0.346. The van der Waals surface area contributed by atoms with Crippen molar-refractivity contribution >= 4 is 34.2 Å². The van der Waals surface area contributed by atoms with Crippen molar-refractivity contribution < 1.29 is 14.3 Å². The molecule has 30 heavy (non-hydrogen) atoms. The standard InChI is InChI=1S/C24H25IN2O3/c1-4-14-29-17(3)23-13-12-22(16(2)26-23)24(28)27-19-8-10-20(11-9-19)30-21-7-5-6-18(25)15-21/h5-13,15,17H,4,14H2,1-3H3,(H,27,28). The monoisotopic (exact) mass is 516 g/mol. The molecule has 0 saturated carbocycles. The van der Waals surface area contributed by atoms with Crippen LogP contribution in [0.25, 0.3) is 0 Å². The van der Waals surface area contributed by atoms with Gasteiger partial charge < -0.3 is 14.8 Å². The van der Waals surface area contributed by atoms with Crippen LogP contribution in [0.15, 0.2) is 60.7 Å². The fourth-order valence-corrected chi connectivity index (χ4v) is 3.41. The molecular weight excluding hydrogens is 491 g/mol. The molecule has 1 aromatic heterocycles. The molecule has 0 aliphatic carbocycles. The van der Waals surface area contributed by atoms with Gasteiger partial charge in [0.2, 0.25) is 0 Å². The average Bonchev–Trinajstić information content (AvgIpc) is 2.73. The van der Waals surface area contributed by atoms with E-state index in [0.717, 1.165) is 21.4 Å². The van der Waals surface area contributed by atoms with Crippen LogP contribution in [0.1, 0.15) is 48.1 Å². The van der Waals surface area contributed by atoms with E-state index in [4.69, 9.17) is 9.47 Å². The lowest BCUT2D eigenvalue weighted by Gasteiger charge is -2.14. The van der Waals surface area contributed by atoms with E-state index < -0.39 is 0 Å². The normalized spacial score (nSPS) is 11.7. The minimum atomic E-state index is -0.194. The zero-order valence-corrected chi connectivity index (χ0v) is 19.5. The summed E-state index contributed by atoms with van der Waals surface area (Å²) in [6, 6.07) is 18.8. The number of pyridine rings is 1. The maximum atomic E-state index is 12.7. The molecule has 1 atom stereocenters. The van der Waals surface area contributed by atoms with E-state index in [1.54, 1.807) is 6.07 Å². The van der Waals surface area contributed by atoms with Gasteiger partial charge in [0.05, 0.1) is 23.1 Å². The van der Waals surface area contributed by atoms with Gasteiger partial charge in [-0.05, 0) is 97.5 Å². The molecule has 2 aromatic carbocycles. The number of nitrogens with zero attached hydrogens (tertiary/aromatic N) is 1. The van der Waals surface area contributed by atoms with Gasteiger partial charge in [-0.2, -0.15) is 0 Å². The predicted octanol–water partition coefficient (Wildman–Crippen LogP) is 6.53. The van der Waals surface area contributed by atoms with Gasteiger partial charge in [0, 0.05) is 15.9 Å². The first-order valence-electron chi connectivity index (χ1n) is 9.90. The molecule has 1 amide bonds. The van der Waals surface area contributed by atoms with Crippen LogP contribution in [0, 0.1) is 10.5 Å². The second-order valence-corrected chi connectivity index (χ2v) is 8.17. The zero-order valence-electron chi connectivity index (χ0n) is 17.3. The maximum Gasteiger partial charge on any atom is 0.257 e. The Morgan fingerprint density at radius 1 is 1.10 bits per heavy atom. The van der Waals surface area contributed by atoms with Gasteiger partial charge in [0.15, 0.2) is 0 Å². The van der Waals surface area contributed by atoms with E-state index in [0.29, 0.717) is 29.3 Å². The van der Waals surface area contributed by atoms with Crippen LogP contribution in [-0.4, -0.2) is 17.5 Å². The largest absolute Gasteiger partial charge is 0.457 e. The van der Waals surface area contributed by atoms with Crippen LogP contribution in [0.3, 0.4) is 0 Å². The molecule has 0 saturated heterocycles. The van der Waals surface area contributed by atoms with Crippen molar-refractivity contribution in [3.05, 3.63) is 81.2 Å². The Hall–Kier alpha value is -2.45. The summed E-state index contributed by atoms with van der Waals surface area (Å²) in [6.07, 6.45) is 0.861. The van der Waals surface area contributed by atoms with Crippen LogP contribution in [0.4, 0.5) is 5.69 Å². The molecule has 0 bridgehead atoms. The van der Waals surface area contributed by atoms with Crippen LogP contribution in [0.5, 0.6) is 11.5 Å². The second kappa shape index (κ2) is 10.5. The van der Waals surface area contributed by atoms with Crippen molar-refractivity contribution in [1.82, 2.24) is 4.98 Å². The van der Waals surface area contributed by atoms with Gasteiger partial charge >= 0.3 is 0 Å². The number of aryl methyl sites for hydroxylation is 1. The molecule has 1 unspecified atom stereocenters. The Bertz CT molecular complexity index is 1010. The van der Waals surface area contributed by atoms with E-state index in [1.165, 1.54) is 0 Å². The van der Waals surface area contributed by atoms with Crippen molar-refractivity contribution in [1.29, 1.82) is 0 Å². The molecule has 0 spiro atoms. The fourth-order valence-electron chi connectivity index (χ4n) is 2.90. The highest BCUT2D eigenvalue weighted by molar-refractivity contribution is 14.1. The number of amides is 1. The number of carbonyl (C=O) groups excluding carboxylic acids is 1. The Morgan fingerprint density at radius 2 is 1.87 bits per heavy atom. The van der Waals surface area contributed by atoms with Crippen molar-refractivity contribution in [3.63, 3.8) is 0 Å². The topological polar surface area (TPSA) is 60.5 Å². The van der Waals surface area contributed by atoms with E-state index in [2.05, 4.69) is 39.8 Å². The summed E-state index contributed by atoms with van der Waals surface area (Å²) in [5.74, 6) is 1.29. The molecule has 0 aliphatic heterocycles. The minimum Gasteiger partial charge on any atom is -0.457 e. The number of hydrogen-bond acceptors (Lipinski definition) is 4. The summed E-state index contributed by atoms with van der Waals surface area (Å²) in [5.41, 5.74) is 2.74. The third-order valence-electron chi connectivity index (χ3n) is 4.48. The van der Waals surface area contributed by atoms with Crippen molar-refractivity contribution in [2.24, 2.45) is 0 Å². The Kier molecular flexibility index (Phi) is 7.81. The highest BCUT2D eigenvalue weighted by atomic mass is 127. The Balaban J connectivity index is 1.64. The molecule has 6 heteroatoms. The molecule has 5 nitrogen and oxygen atoms in total. The van der Waals surface area contributed by atoms with Crippen LogP contribution in [0.2, 0.25) is 0 Å². The van der Waals surface area contributed by atoms with E-state index >= 15 is 0 Å². The van der Waals surface area contributed by atoms with Gasteiger partial charge in [-0.3, -0.25) is 9.78 Å². The van der Waals surface area contributed by atoms with E-state index in [-0.39, 0.29) is 12.0 Å². The number of rotatable bonds is 8. The van der Waals surface area contributed by atoms with Crippen molar-refractivity contribution in [2.45, 2.75) is 33.3 Å². The summed E-state index contributed by atoms with van der Waals surface area (Å²) in [5, 5.41) is 2.92. The van der Waals surface area contributed by atoms with E-state index in [1.807, 2.05) is 68.4 Å². The van der Waals surface area contributed by atoms with Gasteiger partial charge in [-0.1, -0.05) is 13.0 Å². The first kappa shape index (κ1) is 22.2. The lowest BCUT2D eigenvalue weighted by atomic mass is 10.1. The molecule has 0 aliphatic rings. The highest BCUT2D eigenvalue weighted by Crippen LogP contribution is 2.25. The molecule has 3 aromatic rings. The zero-order chi connectivity index (χ0) is 21.5. The molecular formula is C24H25IN2O3. The molecule has 0 fully saturated rings. The third-order valence-corrected chi connectivity index (χ3v) is 5.16. The smallest absolute Gasteiger partial charge is 0.257 e. The molecule has 3 rings (SSSR count). The lowest BCUT2D eigenvalue weighted by molar-refractivity contribution is 0.0632. The van der Waals surface area contributed by atoms with Gasteiger partial charge in [-0.25, -0.2) is 0 Å². The van der Waals surface area contributed by atoms with Crippen LogP contribution < -0.4 is 10.1 Å². The van der Waals surface area contributed by atoms with Crippen molar-refractivity contribution in [3.8, 4) is 11.5 Å². The first-order valence-corrected chi connectivity index (χ1v) is 11.0. The summed E-state index contributed by atoms with van der Waals surface area (Å²) >= 11 is 2.25. The van der Waals surface area contributed by atoms with Gasteiger partial charge in [0.1, 0.15) is 11.5 Å². The van der Waals surface area contributed by atoms with Gasteiger partial charge in [-0.15, -0.1) is 0 Å². The molecule has 156 valence electrons. The number of nitrogens with one attached hydrogen (secondary N) is 1. The predicted molar refractivity (Wildman–Crippen MR) is 127 cm³/mol. The number of carbonyl (C=O) groups is 1. The number of benzene rings is 2. The summed E-state index contributed by atoms with van der Waals surface area (Å²) < 4.78 is 12.7. The van der Waals surface area contributed by atoms with E-state index in [9.17, 15) is 4.79 Å². The number of anilines is 1. The second-order valence-electron chi connectivity index (χ2n) is 6.92. The minimum absolute atomic E-state index is 0.0961. The Labute approximate surface area is 191 Å². The average molecular weight is 516 g/mol. The highest BCUT2D eigenvalue weighted by Gasteiger charge is 2.14.